The molecule has 3 aromatic rings. The number of aromatic nitrogens is 1. The van der Waals surface area contributed by atoms with Gasteiger partial charge in [0.2, 0.25) is 15.9 Å². The Bertz CT molecular complexity index is 1090. The Labute approximate surface area is 166 Å². The summed E-state index contributed by atoms with van der Waals surface area (Å²) < 4.78 is 40.9. The largest absolute Gasteiger partial charge is 0.302 e. The number of benzene rings is 2. The topological polar surface area (TPSA) is 88.2 Å². The minimum atomic E-state index is -3.68. The molecule has 1 amide bonds. The highest BCUT2D eigenvalue weighted by molar-refractivity contribution is 7.89. The van der Waals surface area contributed by atoms with E-state index in [1.807, 2.05) is 13.8 Å². The summed E-state index contributed by atoms with van der Waals surface area (Å²) in [5.74, 6) is -0.436. The average Bonchev–Trinajstić information content (AvgIpc) is 3.02. The standard InChI is InChI=1S/C19H20FN3O3S2/c1-12(2)13-3-6-15(7-4-13)28(25,26)21-10-9-18(24)23-19-22-16-8-5-14(20)11-17(16)27-19/h3-8,11-12,21H,9-10H2,1-2H3,(H,22,23,24). The summed E-state index contributed by atoms with van der Waals surface area (Å²) in [7, 11) is -3.68. The molecule has 1 heterocycles. The van der Waals surface area contributed by atoms with Crippen LogP contribution in [0.25, 0.3) is 10.2 Å². The van der Waals surface area contributed by atoms with Crippen molar-refractivity contribution in [1.82, 2.24) is 9.71 Å². The first-order chi connectivity index (χ1) is 13.2. The van der Waals surface area contributed by atoms with E-state index in [-0.39, 0.29) is 29.6 Å². The first-order valence-corrected chi connectivity index (χ1v) is 11.0. The number of fused-ring (bicyclic) bond motifs is 1. The lowest BCUT2D eigenvalue weighted by Crippen LogP contribution is -2.27. The fourth-order valence-corrected chi connectivity index (χ4v) is 4.49. The maximum absolute atomic E-state index is 13.2. The van der Waals surface area contributed by atoms with E-state index in [2.05, 4.69) is 15.0 Å². The van der Waals surface area contributed by atoms with Gasteiger partial charge in [-0.15, -0.1) is 0 Å². The van der Waals surface area contributed by atoms with Crippen LogP contribution < -0.4 is 10.0 Å². The second kappa shape index (κ2) is 8.34. The van der Waals surface area contributed by atoms with Crippen LogP contribution in [0.2, 0.25) is 0 Å². The van der Waals surface area contributed by atoms with Crippen LogP contribution in [-0.4, -0.2) is 25.9 Å². The molecule has 2 aromatic carbocycles. The Morgan fingerprint density at radius 3 is 2.57 bits per heavy atom. The van der Waals surface area contributed by atoms with Gasteiger partial charge >= 0.3 is 0 Å². The van der Waals surface area contributed by atoms with Crippen molar-refractivity contribution in [3.05, 3.63) is 53.8 Å². The third-order valence-electron chi connectivity index (χ3n) is 4.10. The molecular weight excluding hydrogens is 401 g/mol. The molecule has 148 valence electrons. The number of nitrogens with zero attached hydrogens (tertiary/aromatic N) is 1. The van der Waals surface area contributed by atoms with E-state index in [0.717, 1.165) is 16.9 Å². The van der Waals surface area contributed by atoms with E-state index in [4.69, 9.17) is 0 Å². The number of thiazole rings is 1. The maximum atomic E-state index is 13.2. The van der Waals surface area contributed by atoms with E-state index >= 15 is 0 Å². The second-order valence-electron chi connectivity index (χ2n) is 6.55. The van der Waals surface area contributed by atoms with Crippen molar-refractivity contribution in [2.24, 2.45) is 0 Å². The summed E-state index contributed by atoms with van der Waals surface area (Å²) in [6.45, 7) is 4.02. The summed E-state index contributed by atoms with van der Waals surface area (Å²) in [5.41, 5.74) is 1.64. The van der Waals surface area contributed by atoms with Crippen LogP contribution in [0, 0.1) is 5.82 Å². The van der Waals surface area contributed by atoms with Crippen molar-refractivity contribution >= 4 is 42.6 Å². The van der Waals surface area contributed by atoms with Gasteiger partial charge in [-0.2, -0.15) is 0 Å². The van der Waals surface area contributed by atoms with Gasteiger partial charge in [0, 0.05) is 13.0 Å². The maximum Gasteiger partial charge on any atom is 0.240 e. The second-order valence-corrected chi connectivity index (χ2v) is 9.35. The molecule has 0 atom stereocenters. The van der Waals surface area contributed by atoms with E-state index < -0.39 is 10.0 Å². The summed E-state index contributed by atoms with van der Waals surface area (Å²) in [4.78, 5) is 16.4. The van der Waals surface area contributed by atoms with Gasteiger partial charge in [0.05, 0.1) is 15.1 Å². The number of anilines is 1. The number of carbonyl (C=O) groups is 1. The van der Waals surface area contributed by atoms with Crippen LogP contribution in [0.3, 0.4) is 0 Å². The predicted molar refractivity (Wildman–Crippen MR) is 109 cm³/mol. The number of halogens is 1. The highest BCUT2D eigenvalue weighted by Crippen LogP contribution is 2.26. The lowest BCUT2D eigenvalue weighted by molar-refractivity contribution is -0.116. The van der Waals surface area contributed by atoms with Crippen molar-refractivity contribution in [2.45, 2.75) is 31.1 Å². The zero-order chi connectivity index (χ0) is 20.3. The van der Waals surface area contributed by atoms with E-state index in [0.29, 0.717) is 21.3 Å². The molecule has 2 N–H and O–H groups in total. The van der Waals surface area contributed by atoms with Gasteiger partial charge in [-0.05, 0) is 41.8 Å². The SMILES string of the molecule is CC(C)c1ccc(S(=O)(=O)NCCC(=O)Nc2nc3ccc(F)cc3s2)cc1. The Kier molecular flexibility index (Phi) is 6.07. The first kappa shape index (κ1) is 20.4. The van der Waals surface area contributed by atoms with Gasteiger partial charge in [0.1, 0.15) is 5.82 Å². The molecule has 0 aliphatic carbocycles. The highest BCUT2D eigenvalue weighted by atomic mass is 32.2. The normalized spacial score (nSPS) is 11.9. The van der Waals surface area contributed by atoms with E-state index in [1.54, 1.807) is 24.3 Å². The van der Waals surface area contributed by atoms with Crippen LogP contribution in [0.15, 0.2) is 47.4 Å². The van der Waals surface area contributed by atoms with E-state index in [1.165, 1.54) is 18.2 Å². The number of hydrogen-bond donors (Lipinski definition) is 2. The van der Waals surface area contributed by atoms with Gasteiger partial charge in [0.15, 0.2) is 5.13 Å². The zero-order valence-corrected chi connectivity index (χ0v) is 17.0. The third kappa shape index (κ3) is 4.92. The fourth-order valence-electron chi connectivity index (χ4n) is 2.55. The van der Waals surface area contributed by atoms with Crippen molar-refractivity contribution in [3.8, 4) is 0 Å². The van der Waals surface area contributed by atoms with Crippen molar-refractivity contribution < 1.29 is 17.6 Å². The summed E-state index contributed by atoms with van der Waals surface area (Å²) in [6.07, 6.45) is -0.0480. The molecule has 0 bridgehead atoms. The molecule has 28 heavy (non-hydrogen) atoms. The molecule has 0 spiro atoms. The molecule has 0 fully saturated rings. The third-order valence-corrected chi connectivity index (χ3v) is 6.51. The lowest BCUT2D eigenvalue weighted by atomic mass is 10.0. The van der Waals surface area contributed by atoms with Crippen LogP contribution in [0.5, 0.6) is 0 Å². The fraction of sp³-hybridized carbons (Fsp3) is 0.263. The molecule has 0 saturated heterocycles. The summed E-state index contributed by atoms with van der Waals surface area (Å²) >= 11 is 1.16. The summed E-state index contributed by atoms with van der Waals surface area (Å²) in [5, 5.41) is 2.95. The Morgan fingerprint density at radius 2 is 1.89 bits per heavy atom. The van der Waals surface area contributed by atoms with Crippen LogP contribution in [-0.2, 0) is 14.8 Å². The van der Waals surface area contributed by atoms with Gasteiger partial charge in [-0.1, -0.05) is 37.3 Å². The van der Waals surface area contributed by atoms with Gasteiger partial charge < -0.3 is 5.32 Å². The van der Waals surface area contributed by atoms with Gasteiger partial charge in [-0.3, -0.25) is 4.79 Å². The van der Waals surface area contributed by atoms with Crippen LogP contribution in [0.1, 0.15) is 31.7 Å². The molecule has 0 aliphatic rings. The highest BCUT2D eigenvalue weighted by Gasteiger charge is 2.15. The minimum absolute atomic E-state index is 0.0420. The Hall–Kier alpha value is -2.36. The molecule has 0 aliphatic heterocycles. The number of carbonyl (C=O) groups excluding carboxylic acids is 1. The smallest absolute Gasteiger partial charge is 0.240 e. The van der Waals surface area contributed by atoms with Crippen molar-refractivity contribution in [1.29, 1.82) is 0 Å². The Balaban J connectivity index is 1.55. The van der Waals surface area contributed by atoms with Gasteiger partial charge in [0.25, 0.3) is 0 Å². The van der Waals surface area contributed by atoms with Gasteiger partial charge in [-0.25, -0.2) is 22.5 Å². The average molecular weight is 422 g/mol. The number of amides is 1. The molecule has 9 heteroatoms. The Morgan fingerprint density at radius 1 is 1.18 bits per heavy atom. The molecule has 1 aromatic heterocycles. The predicted octanol–water partition coefficient (Wildman–Crippen LogP) is 3.87. The zero-order valence-electron chi connectivity index (χ0n) is 15.4. The molecule has 3 rings (SSSR count). The number of hydrogen-bond acceptors (Lipinski definition) is 5. The first-order valence-electron chi connectivity index (χ1n) is 8.70. The molecule has 0 unspecified atom stereocenters. The number of rotatable bonds is 7. The molecule has 6 nitrogen and oxygen atoms in total. The summed E-state index contributed by atoms with van der Waals surface area (Å²) in [6, 6.07) is 10.9. The molecular formula is C19H20FN3O3S2. The minimum Gasteiger partial charge on any atom is -0.302 e. The monoisotopic (exact) mass is 421 g/mol. The van der Waals surface area contributed by atoms with Crippen LogP contribution >= 0.6 is 11.3 Å². The van der Waals surface area contributed by atoms with E-state index in [9.17, 15) is 17.6 Å². The quantitative estimate of drug-likeness (QED) is 0.606. The molecule has 0 radical (unpaired) electrons. The number of sulfonamides is 1. The van der Waals surface area contributed by atoms with Crippen molar-refractivity contribution in [3.63, 3.8) is 0 Å². The number of nitrogens with one attached hydrogen (secondary N) is 2. The van der Waals surface area contributed by atoms with Crippen molar-refractivity contribution in [2.75, 3.05) is 11.9 Å². The van der Waals surface area contributed by atoms with Crippen LogP contribution in [0.4, 0.5) is 9.52 Å². The lowest BCUT2D eigenvalue weighted by Gasteiger charge is -2.09. The molecule has 0 saturated carbocycles.